The van der Waals surface area contributed by atoms with Crippen molar-refractivity contribution in [2.75, 3.05) is 38.2 Å². The standard InChI is InChI=1S/C22H35N3O4S/c1-22(2,3)19-9-4-5-10-20(19)23-16-21(26)24-17-7-6-8-18(15-17)30(27,28)25-11-13-29-14-12-25/h6-8,15,19-20,23H,4-5,9-14,16H2,1-3H3,(H,24,26). The van der Waals surface area contributed by atoms with Crippen LogP contribution in [-0.2, 0) is 19.6 Å². The number of ether oxygens (including phenoxy) is 1. The second-order valence-electron chi connectivity index (χ2n) is 9.34. The van der Waals surface area contributed by atoms with E-state index in [0.29, 0.717) is 44.0 Å². The molecule has 2 fully saturated rings. The summed E-state index contributed by atoms with van der Waals surface area (Å²) in [6, 6.07) is 6.80. The minimum absolute atomic E-state index is 0.158. The lowest BCUT2D eigenvalue weighted by atomic mass is 9.69. The molecule has 1 aromatic carbocycles. The third-order valence-corrected chi connectivity index (χ3v) is 8.02. The fourth-order valence-corrected chi connectivity index (χ4v) is 5.97. The van der Waals surface area contributed by atoms with Gasteiger partial charge in [-0.15, -0.1) is 0 Å². The molecular formula is C22H35N3O4S. The van der Waals surface area contributed by atoms with Crippen molar-refractivity contribution in [1.29, 1.82) is 0 Å². The number of hydrogen-bond acceptors (Lipinski definition) is 5. The first-order valence-corrected chi connectivity index (χ1v) is 12.3. The SMILES string of the molecule is CC(C)(C)C1CCCCC1NCC(=O)Nc1cccc(S(=O)(=O)N2CCOCC2)c1. The third kappa shape index (κ3) is 5.81. The van der Waals surface area contributed by atoms with Gasteiger partial charge in [0.15, 0.2) is 0 Å². The maximum absolute atomic E-state index is 12.8. The number of hydrogen-bond donors (Lipinski definition) is 2. The van der Waals surface area contributed by atoms with Gasteiger partial charge in [-0.3, -0.25) is 4.79 Å². The molecule has 1 aromatic rings. The van der Waals surface area contributed by atoms with Gasteiger partial charge in [-0.1, -0.05) is 39.7 Å². The van der Waals surface area contributed by atoms with E-state index in [2.05, 4.69) is 31.4 Å². The van der Waals surface area contributed by atoms with E-state index in [0.717, 1.165) is 6.42 Å². The average Bonchev–Trinajstić information content (AvgIpc) is 2.72. The quantitative estimate of drug-likeness (QED) is 0.715. The second-order valence-corrected chi connectivity index (χ2v) is 11.3. The van der Waals surface area contributed by atoms with E-state index in [9.17, 15) is 13.2 Å². The molecule has 0 aromatic heterocycles. The number of nitrogens with zero attached hydrogens (tertiary/aromatic N) is 1. The van der Waals surface area contributed by atoms with Gasteiger partial charge in [-0.25, -0.2) is 8.42 Å². The molecule has 0 spiro atoms. The average molecular weight is 438 g/mol. The first kappa shape index (κ1) is 23.2. The normalized spacial score (nSPS) is 23.8. The van der Waals surface area contributed by atoms with E-state index in [1.165, 1.54) is 29.6 Å². The number of anilines is 1. The second kappa shape index (κ2) is 9.77. The Hall–Kier alpha value is -1.48. The van der Waals surface area contributed by atoms with E-state index in [4.69, 9.17) is 4.74 Å². The van der Waals surface area contributed by atoms with E-state index >= 15 is 0 Å². The summed E-state index contributed by atoms with van der Waals surface area (Å²) in [4.78, 5) is 12.7. The van der Waals surface area contributed by atoms with Crippen LogP contribution >= 0.6 is 0 Å². The van der Waals surface area contributed by atoms with Gasteiger partial charge in [0, 0.05) is 24.8 Å². The summed E-state index contributed by atoms with van der Waals surface area (Å²) in [5, 5.41) is 6.28. The number of rotatable bonds is 6. The zero-order valence-corrected chi connectivity index (χ0v) is 19.1. The topological polar surface area (TPSA) is 87.7 Å². The van der Waals surface area contributed by atoms with Crippen LogP contribution < -0.4 is 10.6 Å². The Morgan fingerprint density at radius 3 is 2.57 bits per heavy atom. The molecule has 2 atom stereocenters. The molecule has 8 heteroatoms. The minimum atomic E-state index is -3.59. The van der Waals surface area contributed by atoms with Gasteiger partial charge in [-0.2, -0.15) is 4.31 Å². The van der Waals surface area contributed by atoms with Crippen molar-refractivity contribution >= 4 is 21.6 Å². The van der Waals surface area contributed by atoms with Crippen molar-refractivity contribution in [3.05, 3.63) is 24.3 Å². The number of morpholine rings is 1. The van der Waals surface area contributed by atoms with E-state index in [-0.39, 0.29) is 22.8 Å². The van der Waals surface area contributed by atoms with Gasteiger partial charge in [0.1, 0.15) is 0 Å². The van der Waals surface area contributed by atoms with Crippen molar-refractivity contribution in [2.45, 2.75) is 57.4 Å². The lowest BCUT2D eigenvalue weighted by Gasteiger charge is -2.40. The molecule has 1 saturated heterocycles. The van der Waals surface area contributed by atoms with Crippen molar-refractivity contribution in [3.63, 3.8) is 0 Å². The van der Waals surface area contributed by atoms with Crippen molar-refractivity contribution < 1.29 is 17.9 Å². The van der Waals surface area contributed by atoms with E-state index < -0.39 is 10.0 Å². The van der Waals surface area contributed by atoms with Crippen LogP contribution in [0.3, 0.4) is 0 Å². The predicted octanol–water partition coefficient (Wildman–Crippen LogP) is 2.84. The van der Waals surface area contributed by atoms with Gasteiger partial charge in [-0.05, 0) is 42.4 Å². The predicted molar refractivity (Wildman–Crippen MR) is 118 cm³/mol. The van der Waals surface area contributed by atoms with Gasteiger partial charge < -0.3 is 15.4 Å². The molecule has 30 heavy (non-hydrogen) atoms. The highest BCUT2D eigenvalue weighted by atomic mass is 32.2. The Labute approximate surface area is 180 Å². The monoisotopic (exact) mass is 437 g/mol. The number of carbonyl (C=O) groups is 1. The van der Waals surface area contributed by atoms with Crippen molar-refractivity contribution in [1.82, 2.24) is 9.62 Å². The molecule has 1 aliphatic carbocycles. The van der Waals surface area contributed by atoms with Crippen LogP contribution in [0.4, 0.5) is 5.69 Å². The van der Waals surface area contributed by atoms with Crippen molar-refractivity contribution in [2.24, 2.45) is 11.3 Å². The molecule has 0 radical (unpaired) electrons. The largest absolute Gasteiger partial charge is 0.379 e. The molecule has 1 heterocycles. The maximum Gasteiger partial charge on any atom is 0.243 e. The summed E-state index contributed by atoms with van der Waals surface area (Å²) in [7, 11) is -3.59. The Morgan fingerprint density at radius 1 is 1.17 bits per heavy atom. The van der Waals surface area contributed by atoms with Crippen LogP contribution in [0.1, 0.15) is 46.5 Å². The summed E-state index contributed by atoms with van der Waals surface area (Å²) >= 11 is 0. The Morgan fingerprint density at radius 2 is 1.87 bits per heavy atom. The maximum atomic E-state index is 12.8. The lowest BCUT2D eigenvalue weighted by Crippen LogP contribution is -2.46. The smallest absolute Gasteiger partial charge is 0.243 e. The fraction of sp³-hybridized carbons (Fsp3) is 0.682. The molecule has 2 N–H and O–H groups in total. The van der Waals surface area contributed by atoms with Crippen LogP contribution in [0.2, 0.25) is 0 Å². The van der Waals surface area contributed by atoms with Crippen LogP contribution in [0, 0.1) is 11.3 Å². The molecule has 1 amide bonds. The highest BCUT2D eigenvalue weighted by molar-refractivity contribution is 7.89. The van der Waals surface area contributed by atoms with Gasteiger partial charge in [0.05, 0.1) is 24.7 Å². The molecule has 1 saturated carbocycles. The number of amides is 1. The van der Waals surface area contributed by atoms with E-state index in [1.807, 2.05) is 0 Å². The zero-order chi connectivity index (χ0) is 21.8. The zero-order valence-electron chi connectivity index (χ0n) is 18.3. The number of carbonyl (C=O) groups excluding carboxylic acids is 1. The van der Waals surface area contributed by atoms with E-state index in [1.54, 1.807) is 18.2 Å². The number of nitrogens with one attached hydrogen (secondary N) is 2. The van der Waals surface area contributed by atoms with Gasteiger partial charge in [0.25, 0.3) is 0 Å². The Bertz CT molecular complexity index is 829. The summed E-state index contributed by atoms with van der Waals surface area (Å²) in [6.45, 7) is 8.50. The van der Waals surface area contributed by atoms with Crippen LogP contribution in [0.15, 0.2) is 29.2 Å². The molecule has 0 bridgehead atoms. The molecule has 7 nitrogen and oxygen atoms in total. The van der Waals surface area contributed by atoms with Crippen LogP contribution in [0.5, 0.6) is 0 Å². The van der Waals surface area contributed by atoms with Gasteiger partial charge in [0.2, 0.25) is 15.9 Å². The molecular weight excluding hydrogens is 402 g/mol. The highest BCUT2D eigenvalue weighted by Crippen LogP contribution is 2.37. The number of benzene rings is 1. The molecule has 168 valence electrons. The van der Waals surface area contributed by atoms with Crippen molar-refractivity contribution in [3.8, 4) is 0 Å². The summed E-state index contributed by atoms with van der Waals surface area (Å²) < 4.78 is 32.3. The molecule has 2 unspecified atom stereocenters. The molecule has 3 rings (SSSR count). The summed E-state index contributed by atoms with van der Waals surface area (Å²) in [5.74, 6) is 0.384. The molecule has 2 aliphatic rings. The van der Waals surface area contributed by atoms with Crippen LogP contribution in [0.25, 0.3) is 0 Å². The first-order chi connectivity index (χ1) is 14.2. The van der Waals surface area contributed by atoms with Gasteiger partial charge >= 0.3 is 0 Å². The third-order valence-electron chi connectivity index (χ3n) is 6.13. The summed E-state index contributed by atoms with van der Waals surface area (Å²) in [5.41, 5.74) is 0.698. The Kier molecular flexibility index (Phi) is 7.55. The first-order valence-electron chi connectivity index (χ1n) is 10.9. The fourth-order valence-electron chi connectivity index (χ4n) is 4.51. The Balaban J connectivity index is 1.60. The number of sulfonamides is 1. The van der Waals surface area contributed by atoms with Crippen LogP contribution in [-0.4, -0.2) is 57.5 Å². The summed E-state index contributed by atoms with van der Waals surface area (Å²) in [6.07, 6.45) is 4.71. The highest BCUT2D eigenvalue weighted by Gasteiger charge is 2.34. The lowest BCUT2D eigenvalue weighted by molar-refractivity contribution is -0.115. The molecule has 1 aliphatic heterocycles. The minimum Gasteiger partial charge on any atom is -0.379 e.